The lowest BCUT2D eigenvalue weighted by atomic mass is 9.97. The molecule has 2 rings (SSSR count). The molecule has 2 nitrogen and oxygen atoms in total. The van der Waals surface area contributed by atoms with Gasteiger partial charge in [0, 0.05) is 28.7 Å². The molecule has 0 aromatic heterocycles. The van der Waals surface area contributed by atoms with Crippen molar-refractivity contribution in [2.75, 3.05) is 12.4 Å². The largest absolute Gasteiger partial charge is 0.508 e. The van der Waals surface area contributed by atoms with E-state index in [1.54, 1.807) is 17.8 Å². The van der Waals surface area contributed by atoms with Gasteiger partial charge in [-0.1, -0.05) is 6.07 Å². The van der Waals surface area contributed by atoms with Crippen LogP contribution in [0.1, 0.15) is 17.9 Å². The average molecular weight is 196 g/mol. The topological polar surface area (TPSA) is 40.5 Å². The fourth-order valence-corrected chi connectivity index (χ4v) is 3.04. The summed E-state index contributed by atoms with van der Waals surface area (Å²) in [5.74, 6) is 1.68. The van der Waals surface area contributed by atoms with Crippen LogP contribution in [0, 0.1) is 0 Å². The molecule has 0 fully saturated rings. The monoisotopic (exact) mass is 196 g/mol. The number of thioether (sulfide) groups is 1. The number of hydrogen-bond acceptors (Lipinski definition) is 3. The molecule has 1 aromatic rings. The van der Waals surface area contributed by atoms with E-state index >= 15 is 0 Å². The minimum Gasteiger partial charge on any atom is -0.508 e. The second-order valence-electron chi connectivity index (χ2n) is 3.21. The molecule has 0 aliphatic carbocycles. The Kier molecular flexibility index (Phi) is 2.47. The molecule has 3 heteroatoms. The summed E-state index contributed by atoms with van der Waals surface area (Å²) >= 11 is 1.76. The molecule has 1 unspecified atom stereocenters. The van der Waals surface area contributed by atoms with Crippen molar-refractivity contribution in [3.8, 4) is 5.75 Å². The van der Waals surface area contributed by atoms with Gasteiger partial charge in [0.2, 0.25) is 0 Å². The van der Waals surface area contributed by atoms with Crippen molar-refractivity contribution in [3.63, 3.8) is 0 Å². The van der Waals surface area contributed by atoms with Crippen molar-refractivity contribution < 1.29 is 10.2 Å². The number of aliphatic hydroxyl groups is 1. The highest BCUT2D eigenvalue weighted by Crippen LogP contribution is 2.45. The first-order valence-corrected chi connectivity index (χ1v) is 5.37. The van der Waals surface area contributed by atoms with E-state index in [1.807, 2.05) is 12.1 Å². The Bertz CT molecular complexity index is 310. The van der Waals surface area contributed by atoms with Crippen molar-refractivity contribution in [3.05, 3.63) is 23.8 Å². The highest BCUT2D eigenvalue weighted by atomic mass is 32.2. The summed E-state index contributed by atoms with van der Waals surface area (Å²) in [5.41, 5.74) is 1.03. The fourth-order valence-electron chi connectivity index (χ4n) is 1.73. The zero-order valence-corrected chi connectivity index (χ0v) is 8.05. The molecule has 0 bridgehead atoms. The quantitative estimate of drug-likeness (QED) is 0.759. The van der Waals surface area contributed by atoms with Crippen LogP contribution in [0.3, 0.4) is 0 Å². The Morgan fingerprint density at radius 2 is 2.31 bits per heavy atom. The summed E-state index contributed by atoms with van der Waals surface area (Å²) in [6, 6.07) is 5.61. The summed E-state index contributed by atoms with van der Waals surface area (Å²) in [5, 5.41) is 18.5. The van der Waals surface area contributed by atoms with Gasteiger partial charge in [0.1, 0.15) is 5.75 Å². The highest BCUT2D eigenvalue weighted by molar-refractivity contribution is 7.99. The lowest BCUT2D eigenvalue weighted by Crippen LogP contribution is -1.99. The van der Waals surface area contributed by atoms with Crippen LogP contribution >= 0.6 is 11.8 Å². The van der Waals surface area contributed by atoms with E-state index in [4.69, 9.17) is 5.11 Å². The summed E-state index contributed by atoms with van der Waals surface area (Å²) in [6.45, 7) is 0.193. The maximum Gasteiger partial charge on any atom is 0.120 e. The molecular weight excluding hydrogens is 184 g/mol. The van der Waals surface area contributed by atoms with Crippen molar-refractivity contribution in [2.24, 2.45) is 0 Å². The molecule has 0 saturated heterocycles. The van der Waals surface area contributed by atoms with E-state index in [0.29, 0.717) is 11.7 Å². The van der Waals surface area contributed by atoms with Crippen molar-refractivity contribution in [1.82, 2.24) is 0 Å². The van der Waals surface area contributed by atoms with Gasteiger partial charge in [0.05, 0.1) is 0 Å². The molecule has 70 valence electrons. The molecule has 1 aliphatic rings. The first-order chi connectivity index (χ1) is 6.33. The number of hydrogen-bond donors (Lipinski definition) is 2. The molecule has 1 heterocycles. The zero-order valence-electron chi connectivity index (χ0n) is 7.23. The molecule has 1 atom stereocenters. The minimum absolute atomic E-state index is 0.193. The van der Waals surface area contributed by atoms with Crippen molar-refractivity contribution >= 4 is 11.8 Å². The third-order valence-electron chi connectivity index (χ3n) is 2.37. The number of aliphatic hydroxyl groups excluding tert-OH is 1. The van der Waals surface area contributed by atoms with Crippen LogP contribution in [0.4, 0.5) is 0 Å². The molecule has 0 spiro atoms. The smallest absolute Gasteiger partial charge is 0.120 e. The number of fused-ring (bicyclic) bond motifs is 1. The summed E-state index contributed by atoms with van der Waals surface area (Å²) in [7, 11) is 0. The molecule has 1 aliphatic heterocycles. The van der Waals surface area contributed by atoms with Gasteiger partial charge in [0.25, 0.3) is 0 Å². The lowest BCUT2D eigenvalue weighted by Gasteiger charge is -2.09. The van der Waals surface area contributed by atoms with Crippen LogP contribution in [-0.4, -0.2) is 22.6 Å². The number of aromatic hydroxyl groups is 1. The van der Waals surface area contributed by atoms with Crippen molar-refractivity contribution in [1.29, 1.82) is 0 Å². The molecule has 0 amide bonds. The normalized spacial score (nSPS) is 20.2. The van der Waals surface area contributed by atoms with Crippen LogP contribution < -0.4 is 0 Å². The Morgan fingerprint density at radius 3 is 3.08 bits per heavy atom. The number of phenolic OH excluding ortho intramolecular Hbond substituents is 1. The number of phenols is 1. The fraction of sp³-hybridized carbons (Fsp3) is 0.400. The van der Waals surface area contributed by atoms with Gasteiger partial charge in [-0.15, -0.1) is 11.8 Å². The second-order valence-corrected chi connectivity index (χ2v) is 4.27. The molecule has 1 aromatic carbocycles. The Balaban J connectivity index is 2.34. The van der Waals surface area contributed by atoms with Gasteiger partial charge in [-0.25, -0.2) is 0 Å². The van der Waals surface area contributed by atoms with Crippen LogP contribution in [0.25, 0.3) is 0 Å². The predicted molar refractivity (Wildman–Crippen MR) is 53.3 cm³/mol. The zero-order chi connectivity index (χ0) is 9.26. The Labute approximate surface area is 81.6 Å². The predicted octanol–water partition coefficient (Wildman–Crippen LogP) is 1.96. The molecule has 13 heavy (non-hydrogen) atoms. The van der Waals surface area contributed by atoms with Crippen LogP contribution in [0.5, 0.6) is 5.75 Å². The van der Waals surface area contributed by atoms with Gasteiger partial charge in [-0.3, -0.25) is 0 Å². The maximum atomic E-state index is 9.63. The third kappa shape index (κ3) is 1.54. The Hall–Kier alpha value is -0.670. The van der Waals surface area contributed by atoms with Gasteiger partial charge in [-0.05, 0) is 18.6 Å². The first-order valence-electron chi connectivity index (χ1n) is 4.38. The van der Waals surface area contributed by atoms with E-state index < -0.39 is 0 Å². The van der Waals surface area contributed by atoms with Crippen LogP contribution in [0.15, 0.2) is 23.1 Å². The van der Waals surface area contributed by atoms with Gasteiger partial charge >= 0.3 is 0 Å². The van der Waals surface area contributed by atoms with E-state index in [1.165, 1.54) is 4.90 Å². The average Bonchev–Trinajstić information content (AvgIpc) is 2.51. The third-order valence-corrected chi connectivity index (χ3v) is 3.60. The van der Waals surface area contributed by atoms with E-state index in [-0.39, 0.29) is 6.61 Å². The van der Waals surface area contributed by atoms with E-state index in [9.17, 15) is 5.11 Å². The number of rotatable bonds is 2. The van der Waals surface area contributed by atoms with Crippen LogP contribution in [-0.2, 0) is 0 Å². The number of benzene rings is 1. The van der Waals surface area contributed by atoms with E-state index in [0.717, 1.165) is 17.7 Å². The standard InChI is InChI=1S/C10H12O2S/c11-5-4-7-6-13-9-3-1-2-8(12)10(7)9/h1-3,7,11-12H,4-6H2. The molecular formula is C10H12O2S. The summed E-state index contributed by atoms with van der Waals surface area (Å²) < 4.78 is 0. The van der Waals surface area contributed by atoms with Crippen molar-refractivity contribution in [2.45, 2.75) is 17.2 Å². The SMILES string of the molecule is OCCC1CSc2cccc(O)c21. The second kappa shape index (κ2) is 3.60. The van der Waals surface area contributed by atoms with Gasteiger partial charge in [0.15, 0.2) is 0 Å². The van der Waals surface area contributed by atoms with Gasteiger partial charge in [-0.2, -0.15) is 0 Å². The first kappa shape index (κ1) is 8.91. The lowest BCUT2D eigenvalue weighted by molar-refractivity contribution is 0.278. The molecule has 2 N–H and O–H groups in total. The summed E-state index contributed by atoms with van der Waals surface area (Å²) in [6.07, 6.45) is 0.748. The molecule has 0 saturated carbocycles. The molecule has 0 radical (unpaired) electrons. The highest BCUT2D eigenvalue weighted by Gasteiger charge is 2.25. The summed E-state index contributed by atoms with van der Waals surface area (Å²) in [4.78, 5) is 1.17. The maximum absolute atomic E-state index is 9.63. The van der Waals surface area contributed by atoms with Crippen LogP contribution in [0.2, 0.25) is 0 Å². The minimum atomic E-state index is 0.193. The van der Waals surface area contributed by atoms with E-state index in [2.05, 4.69) is 0 Å². The van der Waals surface area contributed by atoms with Gasteiger partial charge < -0.3 is 10.2 Å². The Morgan fingerprint density at radius 1 is 1.46 bits per heavy atom.